The third-order valence-electron chi connectivity index (χ3n) is 9.87. The summed E-state index contributed by atoms with van der Waals surface area (Å²) < 4.78 is 0. The molecule has 0 atom stereocenters. The monoisotopic (exact) mass is 544 g/mol. The maximum Gasteiger partial charge on any atom is 0.164 e. The summed E-state index contributed by atoms with van der Waals surface area (Å²) in [7, 11) is 0. The molecule has 4 fully saturated rings. The first-order valence-electron chi connectivity index (χ1n) is 15.2. The number of aromatic nitrogens is 3. The third kappa shape index (κ3) is 4.50. The summed E-state index contributed by atoms with van der Waals surface area (Å²) in [5, 5.41) is 9.65. The molecular weight excluding hydrogens is 512 g/mol. The van der Waals surface area contributed by atoms with Crippen molar-refractivity contribution in [2.45, 2.75) is 43.9 Å². The maximum absolute atomic E-state index is 9.65. The van der Waals surface area contributed by atoms with Crippen molar-refractivity contribution in [3.8, 4) is 51.4 Å². The van der Waals surface area contributed by atoms with Crippen LogP contribution in [0.2, 0.25) is 0 Å². The van der Waals surface area contributed by atoms with Crippen LogP contribution < -0.4 is 0 Å². The molecule has 0 spiro atoms. The topological polar surface area (TPSA) is 62.5 Å². The van der Waals surface area contributed by atoms with Crippen molar-refractivity contribution in [1.82, 2.24) is 15.0 Å². The minimum absolute atomic E-state index is 0.212. The standard InChI is InChI=1S/C38H32N4/c39-24-25-8-7-13-31(17-25)32-18-33(20-34(19-32)38-21-26-14-27(22-38)16-28(15-26)23-38)37-41-35(29-9-3-1-4-10-29)40-36(42-37)30-11-5-2-6-12-30/h1-13,17-20,26-28H,14-16,21-23H2/t26-,27+,28-,38?. The molecule has 4 aromatic carbocycles. The fraction of sp³-hybridized carbons (Fsp3) is 0.263. The Morgan fingerprint density at radius 3 is 1.57 bits per heavy atom. The molecule has 204 valence electrons. The van der Waals surface area contributed by atoms with Crippen molar-refractivity contribution in [2.75, 3.05) is 0 Å². The number of rotatable bonds is 5. The first kappa shape index (κ1) is 25.1. The fourth-order valence-electron chi connectivity index (χ4n) is 8.40. The van der Waals surface area contributed by atoms with E-state index in [-0.39, 0.29) is 5.41 Å². The molecule has 4 aliphatic carbocycles. The summed E-state index contributed by atoms with van der Waals surface area (Å²) in [4.78, 5) is 15.1. The second-order valence-corrected chi connectivity index (χ2v) is 12.7. The average molecular weight is 545 g/mol. The molecular formula is C38H32N4. The lowest BCUT2D eigenvalue weighted by Crippen LogP contribution is -2.48. The van der Waals surface area contributed by atoms with Crippen LogP contribution in [0.5, 0.6) is 0 Å². The quantitative estimate of drug-likeness (QED) is 0.222. The molecule has 1 aromatic heterocycles. The van der Waals surface area contributed by atoms with E-state index in [0.29, 0.717) is 23.0 Å². The van der Waals surface area contributed by atoms with Gasteiger partial charge in [0.05, 0.1) is 11.6 Å². The largest absolute Gasteiger partial charge is 0.208 e. The van der Waals surface area contributed by atoms with Crippen LogP contribution in [0.15, 0.2) is 103 Å². The molecule has 0 unspecified atom stereocenters. The highest BCUT2D eigenvalue weighted by Gasteiger charge is 2.51. The predicted molar refractivity (Wildman–Crippen MR) is 166 cm³/mol. The van der Waals surface area contributed by atoms with Crippen molar-refractivity contribution < 1.29 is 0 Å². The number of nitriles is 1. The highest BCUT2D eigenvalue weighted by atomic mass is 15.0. The maximum atomic E-state index is 9.65. The Kier molecular flexibility index (Phi) is 6.00. The fourth-order valence-corrected chi connectivity index (χ4v) is 8.40. The van der Waals surface area contributed by atoms with Gasteiger partial charge in [-0.05, 0) is 103 Å². The number of benzene rings is 4. The van der Waals surface area contributed by atoms with Gasteiger partial charge in [-0.3, -0.25) is 0 Å². The van der Waals surface area contributed by atoms with Gasteiger partial charge in [0.2, 0.25) is 0 Å². The van der Waals surface area contributed by atoms with E-state index < -0.39 is 0 Å². The molecule has 1 heterocycles. The Balaban J connectivity index is 1.34. The Hall–Kier alpha value is -4.62. The normalized spacial score (nSPS) is 23.9. The molecule has 0 amide bonds. The van der Waals surface area contributed by atoms with E-state index in [9.17, 15) is 5.26 Å². The van der Waals surface area contributed by atoms with Crippen LogP contribution in [0.25, 0.3) is 45.3 Å². The van der Waals surface area contributed by atoms with Crippen LogP contribution in [0, 0.1) is 29.1 Å². The molecule has 42 heavy (non-hydrogen) atoms. The second-order valence-electron chi connectivity index (χ2n) is 12.7. The van der Waals surface area contributed by atoms with Gasteiger partial charge in [0, 0.05) is 16.7 Å². The van der Waals surface area contributed by atoms with Crippen LogP contribution in [-0.2, 0) is 5.41 Å². The van der Waals surface area contributed by atoms with E-state index in [1.165, 1.54) is 44.1 Å². The zero-order valence-corrected chi connectivity index (χ0v) is 23.6. The molecule has 0 radical (unpaired) electrons. The van der Waals surface area contributed by atoms with E-state index in [2.05, 4.69) is 54.6 Å². The molecule has 0 aliphatic heterocycles. The predicted octanol–water partition coefficient (Wildman–Crippen LogP) is 8.88. The highest BCUT2D eigenvalue weighted by Crippen LogP contribution is 2.61. The molecule has 0 saturated heterocycles. The van der Waals surface area contributed by atoms with Gasteiger partial charge in [-0.1, -0.05) is 78.9 Å². The summed E-state index contributed by atoms with van der Waals surface area (Å²) in [6.45, 7) is 0. The zero-order chi connectivity index (χ0) is 28.1. The van der Waals surface area contributed by atoms with Gasteiger partial charge in [-0.2, -0.15) is 5.26 Å². The van der Waals surface area contributed by atoms with E-state index in [4.69, 9.17) is 15.0 Å². The lowest BCUT2D eigenvalue weighted by Gasteiger charge is -2.57. The molecule has 0 N–H and O–H groups in total. The van der Waals surface area contributed by atoms with Gasteiger partial charge < -0.3 is 0 Å². The summed E-state index contributed by atoms with van der Waals surface area (Å²) >= 11 is 0. The summed E-state index contributed by atoms with van der Waals surface area (Å²) in [5.74, 6) is 4.57. The minimum Gasteiger partial charge on any atom is -0.208 e. The molecule has 9 rings (SSSR count). The van der Waals surface area contributed by atoms with Crippen LogP contribution in [-0.4, -0.2) is 15.0 Å². The van der Waals surface area contributed by atoms with Gasteiger partial charge in [0.1, 0.15) is 0 Å². The number of hydrogen-bond acceptors (Lipinski definition) is 4. The van der Waals surface area contributed by atoms with E-state index >= 15 is 0 Å². The Morgan fingerprint density at radius 1 is 0.524 bits per heavy atom. The zero-order valence-electron chi connectivity index (χ0n) is 23.6. The van der Waals surface area contributed by atoms with Crippen LogP contribution >= 0.6 is 0 Å². The molecule has 4 bridgehead atoms. The average Bonchev–Trinajstić information content (AvgIpc) is 3.04. The first-order valence-corrected chi connectivity index (χ1v) is 15.2. The molecule has 4 aliphatic rings. The highest BCUT2D eigenvalue weighted by molar-refractivity contribution is 5.74. The molecule has 4 nitrogen and oxygen atoms in total. The van der Waals surface area contributed by atoms with E-state index in [1.54, 1.807) is 0 Å². The smallest absolute Gasteiger partial charge is 0.164 e. The van der Waals surface area contributed by atoms with Gasteiger partial charge >= 0.3 is 0 Å². The van der Waals surface area contributed by atoms with Crippen LogP contribution in [0.1, 0.15) is 49.7 Å². The lowest BCUT2D eigenvalue weighted by molar-refractivity contribution is -0.00515. The van der Waals surface area contributed by atoms with Crippen LogP contribution in [0.4, 0.5) is 0 Å². The Bertz CT molecular complexity index is 1730. The lowest BCUT2D eigenvalue weighted by atomic mass is 9.48. The van der Waals surface area contributed by atoms with Crippen molar-refractivity contribution >= 4 is 0 Å². The van der Waals surface area contributed by atoms with Gasteiger partial charge in [-0.15, -0.1) is 0 Å². The first-order chi connectivity index (χ1) is 20.6. The molecule has 4 heteroatoms. The van der Waals surface area contributed by atoms with Crippen molar-refractivity contribution in [1.29, 1.82) is 5.26 Å². The van der Waals surface area contributed by atoms with Crippen molar-refractivity contribution in [3.05, 3.63) is 114 Å². The summed E-state index contributed by atoms with van der Waals surface area (Å²) in [6, 6.07) is 37.6. The van der Waals surface area contributed by atoms with Gasteiger partial charge in [0.25, 0.3) is 0 Å². The minimum atomic E-state index is 0.212. The Labute approximate surface area is 247 Å². The van der Waals surface area contributed by atoms with E-state index in [1.807, 2.05) is 54.6 Å². The molecule has 5 aromatic rings. The SMILES string of the molecule is N#Cc1cccc(-c2cc(-c3nc(-c4ccccc4)nc(-c4ccccc4)n3)cc(C34C[C@H]5C[C@@H](C3)C[C@@H](C4)C5)c2)c1. The molecule has 4 saturated carbocycles. The number of hydrogen-bond donors (Lipinski definition) is 0. The van der Waals surface area contributed by atoms with E-state index in [0.717, 1.165) is 45.6 Å². The Morgan fingerprint density at radius 2 is 1.02 bits per heavy atom. The van der Waals surface area contributed by atoms with Gasteiger partial charge in [-0.25, -0.2) is 15.0 Å². The third-order valence-corrected chi connectivity index (χ3v) is 9.87. The summed E-state index contributed by atoms with van der Waals surface area (Å²) in [5.41, 5.74) is 7.43. The van der Waals surface area contributed by atoms with Crippen molar-refractivity contribution in [3.63, 3.8) is 0 Å². The summed E-state index contributed by atoms with van der Waals surface area (Å²) in [6.07, 6.45) is 8.06. The van der Waals surface area contributed by atoms with Gasteiger partial charge in [0.15, 0.2) is 17.5 Å². The van der Waals surface area contributed by atoms with Crippen molar-refractivity contribution in [2.24, 2.45) is 17.8 Å². The second kappa shape index (κ2) is 10.0. The number of nitrogens with zero attached hydrogens (tertiary/aromatic N) is 4. The van der Waals surface area contributed by atoms with Crippen LogP contribution in [0.3, 0.4) is 0 Å².